The highest BCUT2D eigenvalue weighted by molar-refractivity contribution is 5.66. The maximum Gasteiger partial charge on any atom is 0.303 e. The van der Waals surface area contributed by atoms with Gasteiger partial charge in [-0.1, -0.05) is 37.6 Å². The van der Waals surface area contributed by atoms with E-state index in [1.54, 1.807) is 0 Å². The highest BCUT2D eigenvalue weighted by Gasteiger charge is 1.94. The van der Waals surface area contributed by atoms with E-state index in [0.29, 0.717) is 6.42 Å². The molecular weight excluding hydrogens is 224 g/mol. The van der Waals surface area contributed by atoms with E-state index in [1.165, 1.54) is 25.7 Å². The molecule has 0 bridgehead atoms. The summed E-state index contributed by atoms with van der Waals surface area (Å²) in [6, 6.07) is 0. The Morgan fingerprint density at radius 1 is 0.833 bits per heavy atom. The Morgan fingerprint density at radius 3 is 1.83 bits per heavy atom. The zero-order valence-electron chi connectivity index (χ0n) is 11.7. The summed E-state index contributed by atoms with van der Waals surface area (Å²) in [6.07, 6.45) is 19.4. The predicted octanol–water partition coefficient (Wildman–Crippen LogP) is 5.10. The van der Waals surface area contributed by atoms with E-state index in [-0.39, 0.29) is 0 Å². The third kappa shape index (κ3) is 14.9. The van der Waals surface area contributed by atoms with Crippen LogP contribution in [0.4, 0.5) is 0 Å². The molecule has 0 rings (SSSR count). The summed E-state index contributed by atoms with van der Waals surface area (Å²) < 4.78 is 0. The van der Waals surface area contributed by atoms with Crippen molar-refractivity contribution in [3.05, 3.63) is 24.3 Å². The topological polar surface area (TPSA) is 37.3 Å². The molecule has 0 saturated carbocycles. The molecule has 104 valence electrons. The van der Waals surface area contributed by atoms with Gasteiger partial charge in [-0.3, -0.25) is 4.79 Å². The van der Waals surface area contributed by atoms with Gasteiger partial charge in [0.1, 0.15) is 0 Å². The number of hydrogen-bond donors (Lipinski definition) is 1. The molecule has 0 heterocycles. The largest absolute Gasteiger partial charge is 0.481 e. The van der Waals surface area contributed by atoms with Crippen LogP contribution < -0.4 is 0 Å². The number of hydrogen-bond acceptors (Lipinski definition) is 1. The number of carboxylic acids is 1. The van der Waals surface area contributed by atoms with E-state index in [9.17, 15) is 4.79 Å². The van der Waals surface area contributed by atoms with E-state index in [1.807, 2.05) is 0 Å². The van der Waals surface area contributed by atoms with Crippen LogP contribution in [0.5, 0.6) is 0 Å². The summed E-state index contributed by atoms with van der Waals surface area (Å²) in [7, 11) is 0. The van der Waals surface area contributed by atoms with Crippen molar-refractivity contribution in [1.29, 1.82) is 0 Å². The molecule has 0 unspecified atom stereocenters. The number of carbonyl (C=O) groups is 1. The van der Waals surface area contributed by atoms with Crippen LogP contribution in [0.1, 0.15) is 71.1 Å². The fraction of sp³-hybridized carbons (Fsp3) is 0.688. The first-order valence-corrected chi connectivity index (χ1v) is 7.29. The van der Waals surface area contributed by atoms with Gasteiger partial charge in [0, 0.05) is 6.42 Å². The smallest absolute Gasteiger partial charge is 0.303 e. The summed E-state index contributed by atoms with van der Waals surface area (Å²) in [6.45, 7) is 2.16. The van der Waals surface area contributed by atoms with Crippen molar-refractivity contribution in [3.63, 3.8) is 0 Å². The van der Waals surface area contributed by atoms with Crippen molar-refractivity contribution in [3.8, 4) is 0 Å². The molecular formula is C16H28O2. The number of unbranched alkanes of at least 4 members (excludes halogenated alkanes) is 6. The van der Waals surface area contributed by atoms with Crippen molar-refractivity contribution in [2.75, 3.05) is 0 Å². The molecule has 0 saturated heterocycles. The van der Waals surface area contributed by atoms with E-state index in [0.717, 1.165) is 32.1 Å². The molecule has 1 N–H and O–H groups in total. The number of allylic oxidation sites excluding steroid dienone is 4. The van der Waals surface area contributed by atoms with Crippen LogP contribution in [-0.4, -0.2) is 11.1 Å². The summed E-state index contributed by atoms with van der Waals surface area (Å²) in [4.78, 5) is 10.3. The molecule has 2 nitrogen and oxygen atoms in total. The maximum atomic E-state index is 10.3. The summed E-state index contributed by atoms with van der Waals surface area (Å²) in [5, 5.41) is 8.47. The Bertz CT molecular complexity index is 241. The van der Waals surface area contributed by atoms with Crippen LogP contribution in [0.3, 0.4) is 0 Å². The fourth-order valence-corrected chi connectivity index (χ4v) is 1.76. The van der Waals surface area contributed by atoms with E-state index in [4.69, 9.17) is 5.11 Å². The van der Waals surface area contributed by atoms with Gasteiger partial charge in [0.15, 0.2) is 0 Å². The standard InChI is InChI=1S/C16H28O2/c1-2-3-4-5-6-7-8-9-10-11-12-13-14-15-16(17)18/h3-4,10-11H,2,5-9,12-15H2,1H3,(H,17,18)/b4-3-,11-10-. The van der Waals surface area contributed by atoms with Gasteiger partial charge in [0.05, 0.1) is 0 Å². The van der Waals surface area contributed by atoms with E-state index in [2.05, 4.69) is 31.2 Å². The van der Waals surface area contributed by atoms with E-state index >= 15 is 0 Å². The van der Waals surface area contributed by atoms with Crippen molar-refractivity contribution >= 4 is 5.97 Å². The lowest BCUT2D eigenvalue weighted by atomic mass is 10.1. The Balaban J connectivity index is 3.13. The Morgan fingerprint density at radius 2 is 1.33 bits per heavy atom. The molecule has 0 amide bonds. The van der Waals surface area contributed by atoms with E-state index < -0.39 is 5.97 Å². The van der Waals surface area contributed by atoms with Gasteiger partial charge < -0.3 is 5.11 Å². The van der Waals surface area contributed by atoms with Crippen LogP contribution in [0.15, 0.2) is 24.3 Å². The summed E-state index contributed by atoms with van der Waals surface area (Å²) in [5.41, 5.74) is 0. The minimum atomic E-state index is -0.684. The third-order valence-electron chi connectivity index (χ3n) is 2.82. The van der Waals surface area contributed by atoms with Crippen molar-refractivity contribution in [2.45, 2.75) is 71.1 Å². The van der Waals surface area contributed by atoms with Crippen molar-refractivity contribution in [2.24, 2.45) is 0 Å². The number of rotatable bonds is 12. The predicted molar refractivity (Wildman–Crippen MR) is 77.8 cm³/mol. The maximum absolute atomic E-state index is 10.3. The second-order valence-corrected chi connectivity index (χ2v) is 4.63. The minimum Gasteiger partial charge on any atom is -0.481 e. The second kappa shape index (κ2) is 14.0. The second-order valence-electron chi connectivity index (χ2n) is 4.63. The lowest BCUT2D eigenvalue weighted by Gasteiger charge is -1.96. The first kappa shape index (κ1) is 16.9. The average molecular weight is 252 g/mol. The van der Waals surface area contributed by atoms with Gasteiger partial charge >= 0.3 is 5.97 Å². The zero-order valence-corrected chi connectivity index (χ0v) is 11.7. The first-order valence-electron chi connectivity index (χ1n) is 7.29. The van der Waals surface area contributed by atoms with Gasteiger partial charge in [0.25, 0.3) is 0 Å². The Labute approximate surface area is 112 Å². The minimum absolute atomic E-state index is 0.305. The third-order valence-corrected chi connectivity index (χ3v) is 2.82. The summed E-state index contributed by atoms with van der Waals surface area (Å²) in [5.74, 6) is -0.684. The molecule has 0 aromatic carbocycles. The molecule has 18 heavy (non-hydrogen) atoms. The quantitative estimate of drug-likeness (QED) is 0.387. The van der Waals surface area contributed by atoms with Crippen LogP contribution in [0.2, 0.25) is 0 Å². The average Bonchev–Trinajstić information content (AvgIpc) is 2.34. The number of carboxylic acid groups (broad SMARTS) is 1. The lowest BCUT2D eigenvalue weighted by Crippen LogP contribution is -1.92. The molecule has 0 aromatic heterocycles. The number of aliphatic carboxylic acids is 1. The van der Waals surface area contributed by atoms with Crippen LogP contribution >= 0.6 is 0 Å². The summed E-state index contributed by atoms with van der Waals surface area (Å²) >= 11 is 0. The first-order chi connectivity index (χ1) is 8.77. The van der Waals surface area contributed by atoms with Gasteiger partial charge in [-0.25, -0.2) is 0 Å². The molecule has 0 aromatic rings. The molecule has 0 fully saturated rings. The van der Waals surface area contributed by atoms with Crippen LogP contribution in [0.25, 0.3) is 0 Å². The van der Waals surface area contributed by atoms with Gasteiger partial charge in [-0.05, 0) is 51.4 Å². The lowest BCUT2D eigenvalue weighted by molar-refractivity contribution is -0.137. The normalized spacial score (nSPS) is 11.6. The Hall–Kier alpha value is -1.05. The fourth-order valence-electron chi connectivity index (χ4n) is 1.76. The van der Waals surface area contributed by atoms with Crippen LogP contribution in [-0.2, 0) is 4.79 Å². The molecule has 0 atom stereocenters. The molecule has 0 aliphatic heterocycles. The SMILES string of the molecule is CC/C=C\CCCCC/C=C\CCCCC(=O)O. The van der Waals surface area contributed by atoms with Gasteiger partial charge in [-0.2, -0.15) is 0 Å². The zero-order chi connectivity index (χ0) is 13.5. The van der Waals surface area contributed by atoms with Crippen molar-refractivity contribution < 1.29 is 9.90 Å². The Kier molecular flexibility index (Phi) is 13.2. The monoisotopic (exact) mass is 252 g/mol. The highest BCUT2D eigenvalue weighted by Crippen LogP contribution is 2.06. The van der Waals surface area contributed by atoms with Gasteiger partial charge in [0.2, 0.25) is 0 Å². The molecule has 0 radical (unpaired) electrons. The highest BCUT2D eigenvalue weighted by atomic mass is 16.4. The molecule has 2 heteroatoms. The van der Waals surface area contributed by atoms with Crippen molar-refractivity contribution in [1.82, 2.24) is 0 Å². The molecule has 0 spiro atoms. The molecule has 0 aliphatic carbocycles. The molecule has 0 aliphatic rings. The van der Waals surface area contributed by atoms with Crippen LogP contribution in [0, 0.1) is 0 Å². The van der Waals surface area contributed by atoms with Gasteiger partial charge in [-0.15, -0.1) is 0 Å².